The van der Waals surface area contributed by atoms with Gasteiger partial charge in [-0.2, -0.15) is 0 Å². The maximum atomic E-state index is 12.5. The lowest BCUT2D eigenvalue weighted by Gasteiger charge is -2.19. The Morgan fingerprint density at radius 3 is 1.53 bits per heavy atom. The summed E-state index contributed by atoms with van der Waals surface area (Å²) in [5.41, 5.74) is 5.33. The second-order valence-electron chi connectivity index (χ2n) is 12.8. The summed E-state index contributed by atoms with van der Waals surface area (Å²) in [6, 6.07) is 0. The van der Waals surface area contributed by atoms with Crippen molar-refractivity contribution in [2.24, 2.45) is 5.73 Å². The normalized spacial score (nSPS) is 13.5. The van der Waals surface area contributed by atoms with Gasteiger partial charge in [0.1, 0.15) is 6.61 Å². The molecule has 3 N–H and O–H groups in total. The van der Waals surface area contributed by atoms with Crippen molar-refractivity contribution in [1.29, 1.82) is 0 Å². The number of hydrogen-bond acceptors (Lipinski definition) is 8. The van der Waals surface area contributed by atoms with Crippen LogP contribution in [0.1, 0.15) is 181 Å². The predicted octanol–water partition coefficient (Wildman–Crippen LogP) is 10.3. The number of carbonyl (C=O) groups is 2. The van der Waals surface area contributed by atoms with Gasteiger partial charge in [0.25, 0.3) is 0 Å². The molecular formula is C37H72NO8P. The van der Waals surface area contributed by atoms with Crippen LogP contribution < -0.4 is 5.73 Å². The van der Waals surface area contributed by atoms with Gasteiger partial charge in [0, 0.05) is 19.4 Å². The smallest absolute Gasteiger partial charge is 0.462 e. The van der Waals surface area contributed by atoms with Crippen molar-refractivity contribution in [2.45, 2.75) is 187 Å². The molecule has 0 aliphatic heterocycles. The Balaban J connectivity index is 4.19. The predicted molar refractivity (Wildman–Crippen MR) is 192 cm³/mol. The molecule has 0 aliphatic rings. The molecule has 2 atom stereocenters. The molecule has 278 valence electrons. The van der Waals surface area contributed by atoms with E-state index in [0.29, 0.717) is 6.42 Å². The monoisotopic (exact) mass is 689 g/mol. The Labute approximate surface area is 288 Å². The van der Waals surface area contributed by atoms with E-state index < -0.39 is 26.5 Å². The fourth-order valence-corrected chi connectivity index (χ4v) is 6.04. The lowest BCUT2D eigenvalue weighted by atomic mass is 10.1. The van der Waals surface area contributed by atoms with Crippen LogP contribution in [0.4, 0.5) is 0 Å². The van der Waals surface area contributed by atoms with Gasteiger partial charge in [-0.25, -0.2) is 4.57 Å². The maximum absolute atomic E-state index is 12.5. The summed E-state index contributed by atoms with van der Waals surface area (Å²) in [6.07, 6.45) is 32.4. The Morgan fingerprint density at radius 2 is 1.04 bits per heavy atom. The summed E-state index contributed by atoms with van der Waals surface area (Å²) >= 11 is 0. The van der Waals surface area contributed by atoms with Crippen molar-refractivity contribution in [2.75, 3.05) is 26.4 Å². The molecule has 0 saturated carbocycles. The zero-order valence-electron chi connectivity index (χ0n) is 30.3. The highest BCUT2D eigenvalue weighted by Gasteiger charge is 2.25. The standard InChI is InChI=1S/C37H72NO8P/c1-3-5-7-9-11-13-15-16-17-18-20-21-23-25-27-29-36(39)43-33-35(34-45-47(41,42)44-32-31-38)46-37(40)30-28-26-24-22-19-14-12-10-8-6-4-2/h13,15,35H,3-12,14,16-34,38H2,1-2H3,(H,41,42). The number of rotatable bonds is 36. The average Bonchev–Trinajstić information content (AvgIpc) is 3.05. The Kier molecular flexibility index (Phi) is 33.7. The molecule has 0 aromatic carbocycles. The molecule has 9 nitrogen and oxygen atoms in total. The molecule has 0 bridgehead atoms. The molecule has 0 spiro atoms. The van der Waals surface area contributed by atoms with Gasteiger partial charge in [-0.15, -0.1) is 0 Å². The topological polar surface area (TPSA) is 134 Å². The van der Waals surface area contributed by atoms with Crippen LogP contribution in [0.25, 0.3) is 0 Å². The van der Waals surface area contributed by atoms with E-state index in [2.05, 4.69) is 26.0 Å². The van der Waals surface area contributed by atoms with Crippen LogP contribution in [0.2, 0.25) is 0 Å². The van der Waals surface area contributed by atoms with Gasteiger partial charge in [0.15, 0.2) is 6.10 Å². The first-order chi connectivity index (χ1) is 22.8. The van der Waals surface area contributed by atoms with Gasteiger partial charge in [-0.3, -0.25) is 18.6 Å². The van der Waals surface area contributed by atoms with E-state index in [9.17, 15) is 19.0 Å². The first kappa shape index (κ1) is 45.8. The van der Waals surface area contributed by atoms with E-state index >= 15 is 0 Å². The molecule has 0 heterocycles. The highest BCUT2D eigenvalue weighted by Crippen LogP contribution is 2.43. The maximum Gasteiger partial charge on any atom is 0.472 e. The number of phosphoric ester groups is 1. The van der Waals surface area contributed by atoms with Crippen LogP contribution in [-0.4, -0.2) is 49.3 Å². The van der Waals surface area contributed by atoms with Gasteiger partial charge < -0.3 is 20.1 Å². The van der Waals surface area contributed by atoms with Crippen molar-refractivity contribution in [1.82, 2.24) is 0 Å². The number of allylic oxidation sites excluding steroid dienone is 2. The quantitative estimate of drug-likeness (QED) is 0.0285. The lowest BCUT2D eigenvalue weighted by Crippen LogP contribution is -2.29. The summed E-state index contributed by atoms with van der Waals surface area (Å²) in [5, 5.41) is 0. The SMILES string of the molecule is CCCCCCC=CCCCCCCCCCC(=O)OCC(COP(=O)(O)OCCN)OC(=O)CCCCCCCCCCCCC. The first-order valence-corrected chi connectivity index (χ1v) is 20.7. The molecule has 0 fully saturated rings. The van der Waals surface area contributed by atoms with Gasteiger partial charge in [0.05, 0.1) is 13.2 Å². The zero-order chi connectivity index (χ0) is 34.7. The van der Waals surface area contributed by atoms with Gasteiger partial charge in [-0.05, 0) is 38.5 Å². The van der Waals surface area contributed by atoms with Crippen LogP contribution in [0.15, 0.2) is 12.2 Å². The Hall–Kier alpha value is -1.25. The van der Waals surface area contributed by atoms with Crippen molar-refractivity contribution >= 4 is 19.8 Å². The van der Waals surface area contributed by atoms with E-state index in [1.165, 1.54) is 103 Å². The zero-order valence-corrected chi connectivity index (χ0v) is 31.2. The molecule has 0 aromatic heterocycles. The molecule has 0 aliphatic carbocycles. The number of unbranched alkanes of at least 4 members (excludes halogenated alkanes) is 21. The molecule has 0 saturated heterocycles. The number of esters is 2. The van der Waals surface area contributed by atoms with E-state index in [4.69, 9.17) is 24.3 Å². The summed E-state index contributed by atoms with van der Waals surface area (Å²) in [7, 11) is -4.36. The minimum absolute atomic E-state index is 0.0554. The highest BCUT2D eigenvalue weighted by molar-refractivity contribution is 7.47. The van der Waals surface area contributed by atoms with Gasteiger partial charge in [-0.1, -0.05) is 142 Å². The van der Waals surface area contributed by atoms with Gasteiger partial charge in [0.2, 0.25) is 0 Å². The third-order valence-corrected chi connectivity index (χ3v) is 9.14. The number of hydrogen-bond donors (Lipinski definition) is 2. The molecule has 0 aromatic rings. The second-order valence-corrected chi connectivity index (χ2v) is 14.3. The van der Waals surface area contributed by atoms with Crippen LogP contribution >= 0.6 is 7.82 Å². The first-order valence-electron chi connectivity index (χ1n) is 19.2. The van der Waals surface area contributed by atoms with Crippen molar-refractivity contribution in [3.05, 3.63) is 12.2 Å². The number of carbonyl (C=O) groups excluding carboxylic acids is 2. The molecule has 10 heteroatoms. The number of ether oxygens (including phenoxy) is 2. The van der Waals surface area contributed by atoms with Crippen molar-refractivity contribution in [3.63, 3.8) is 0 Å². The Morgan fingerprint density at radius 1 is 0.617 bits per heavy atom. The van der Waals surface area contributed by atoms with Crippen LogP contribution in [0.5, 0.6) is 0 Å². The van der Waals surface area contributed by atoms with Crippen LogP contribution in [0.3, 0.4) is 0 Å². The Bertz CT molecular complexity index is 794. The third-order valence-electron chi connectivity index (χ3n) is 8.15. The van der Waals surface area contributed by atoms with E-state index in [-0.39, 0.29) is 38.6 Å². The molecule has 47 heavy (non-hydrogen) atoms. The highest BCUT2D eigenvalue weighted by atomic mass is 31.2. The molecule has 2 unspecified atom stereocenters. The molecular weight excluding hydrogens is 617 g/mol. The molecule has 0 amide bonds. The minimum Gasteiger partial charge on any atom is -0.462 e. The number of nitrogens with two attached hydrogens (primary N) is 1. The van der Waals surface area contributed by atoms with Crippen molar-refractivity contribution in [3.8, 4) is 0 Å². The summed E-state index contributed by atoms with van der Waals surface area (Å²) in [6.45, 7) is 3.71. The van der Waals surface area contributed by atoms with E-state index in [1.54, 1.807) is 0 Å². The summed E-state index contributed by atoms with van der Waals surface area (Å²) < 4.78 is 32.6. The third kappa shape index (κ3) is 34.4. The van der Waals surface area contributed by atoms with Gasteiger partial charge >= 0.3 is 19.8 Å². The fourth-order valence-electron chi connectivity index (χ4n) is 5.28. The number of phosphoric acid groups is 1. The molecule has 0 radical (unpaired) electrons. The van der Waals surface area contributed by atoms with E-state index in [0.717, 1.165) is 44.9 Å². The fraction of sp³-hybridized carbons (Fsp3) is 0.892. The van der Waals surface area contributed by atoms with Crippen LogP contribution in [-0.2, 0) is 32.7 Å². The van der Waals surface area contributed by atoms with E-state index in [1.807, 2.05) is 0 Å². The van der Waals surface area contributed by atoms with Crippen LogP contribution in [0, 0.1) is 0 Å². The summed E-state index contributed by atoms with van der Waals surface area (Å²) in [5.74, 6) is -0.830. The minimum atomic E-state index is -4.36. The summed E-state index contributed by atoms with van der Waals surface area (Å²) in [4.78, 5) is 34.7. The molecule has 0 rings (SSSR count). The average molecular weight is 690 g/mol. The lowest BCUT2D eigenvalue weighted by molar-refractivity contribution is -0.161. The second kappa shape index (κ2) is 34.6. The van der Waals surface area contributed by atoms with Crippen molar-refractivity contribution < 1.29 is 37.6 Å². The largest absolute Gasteiger partial charge is 0.472 e.